The van der Waals surface area contributed by atoms with Crippen LogP contribution in [0.4, 0.5) is 0 Å². The van der Waals surface area contributed by atoms with E-state index in [0.717, 1.165) is 0 Å². The second kappa shape index (κ2) is 7.59. The van der Waals surface area contributed by atoms with Crippen LogP contribution >= 0.6 is 0 Å². The fourth-order valence-electron chi connectivity index (χ4n) is 2.18. The van der Waals surface area contributed by atoms with Crippen molar-refractivity contribution in [2.24, 2.45) is 5.41 Å². The molecule has 22 heavy (non-hydrogen) atoms. The van der Waals surface area contributed by atoms with Crippen molar-refractivity contribution in [3.63, 3.8) is 0 Å². The summed E-state index contributed by atoms with van der Waals surface area (Å²) < 4.78 is 0. The zero-order valence-electron chi connectivity index (χ0n) is 13.1. The van der Waals surface area contributed by atoms with E-state index in [-0.39, 0.29) is 12.5 Å². The van der Waals surface area contributed by atoms with Crippen LogP contribution in [0.5, 0.6) is 0 Å². The summed E-state index contributed by atoms with van der Waals surface area (Å²) in [5.41, 5.74) is -0.258. The Bertz CT molecular complexity index is 565. The van der Waals surface area contributed by atoms with Crippen LogP contribution in [-0.4, -0.2) is 36.5 Å². The highest BCUT2D eigenvalue weighted by Crippen LogP contribution is 2.25. The number of nitrogens with one attached hydrogen (secondary N) is 2. The molecule has 3 N–H and O–H groups in total. The van der Waals surface area contributed by atoms with E-state index in [1.54, 1.807) is 32.0 Å². The summed E-state index contributed by atoms with van der Waals surface area (Å²) in [7, 11) is 1.51. The van der Waals surface area contributed by atoms with Crippen LogP contribution in [0, 0.1) is 5.41 Å². The molecule has 0 unspecified atom stereocenters. The molecule has 120 valence electrons. The van der Waals surface area contributed by atoms with E-state index < -0.39 is 17.3 Å². The molecule has 0 heterocycles. The average Bonchev–Trinajstić information content (AvgIpc) is 2.55. The molecule has 0 fully saturated rings. The van der Waals surface area contributed by atoms with Crippen molar-refractivity contribution < 1.29 is 19.5 Å². The molecule has 1 rings (SSSR count). The minimum absolute atomic E-state index is 0.0539. The van der Waals surface area contributed by atoms with E-state index in [9.17, 15) is 19.5 Å². The quantitative estimate of drug-likeness (QED) is 0.714. The van der Waals surface area contributed by atoms with Gasteiger partial charge in [-0.05, 0) is 31.0 Å². The number of carboxylic acid groups (broad SMARTS) is 1. The maximum Gasteiger partial charge on any atom is 0.311 e. The third kappa shape index (κ3) is 3.84. The van der Waals surface area contributed by atoms with Gasteiger partial charge in [0.05, 0.1) is 5.41 Å². The van der Waals surface area contributed by atoms with Crippen molar-refractivity contribution in [3.05, 3.63) is 35.4 Å². The summed E-state index contributed by atoms with van der Waals surface area (Å²) in [5, 5.41) is 14.5. The largest absolute Gasteiger partial charge is 0.481 e. The van der Waals surface area contributed by atoms with Gasteiger partial charge < -0.3 is 15.7 Å². The lowest BCUT2D eigenvalue weighted by Crippen LogP contribution is -2.42. The maximum absolute atomic E-state index is 12.2. The zero-order chi connectivity index (χ0) is 16.8. The molecule has 2 amide bonds. The second-order valence-electron chi connectivity index (χ2n) is 5.14. The first-order valence-corrected chi connectivity index (χ1v) is 7.24. The molecule has 0 spiro atoms. The Labute approximate surface area is 129 Å². The number of rotatable bonds is 7. The predicted octanol–water partition coefficient (Wildman–Crippen LogP) is 1.67. The third-order valence-corrected chi connectivity index (χ3v) is 4.01. The summed E-state index contributed by atoms with van der Waals surface area (Å²) in [6.45, 7) is 3.63. The number of amides is 2. The molecular formula is C16H22N2O4. The third-order valence-electron chi connectivity index (χ3n) is 4.01. The Morgan fingerprint density at radius 1 is 1.09 bits per heavy atom. The molecule has 0 saturated carbocycles. The van der Waals surface area contributed by atoms with Gasteiger partial charge in [0.2, 0.25) is 0 Å². The number of benzene rings is 1. The summed E-state index contributed by atoms with van der Waals surface area (Å²) in [6.07, 6.45) is 0.856. The van der Waals surface area contributed by atoms with E-state index in [1.165, 1.54) is 13.1 Å². The van der Waals surface area contributed by atoms with Gasteiger partial charge in [0.15, 0.2) is 0 Å². The molecule has 1 aromatic carbocycles. The van der Waals surface area contributed by atoms with Gasteiger partial charge in [0.1, 0.15) is 0 Å². The normalized spacial score (nSPS) is 10.9. The van der Waals surface area contributed by atoms with Gasteiger partial charge in [-0.3, -0.25) is 14.4 Å². The topological polar surface area (TPSA) is 95.5 Å². The van der Waals surface area contributed by atoms with Crippen LogP contribution in [-0.2, 0) is 4.79 Å². The van der Waals surface area contributed by atoms with E-state index >= 15 is 0 Å². The van der Waals surface area contributed by atoms with Gasteiger partial charge in [-0.25, -0.2) is 0 Å². The monoisotopic (exact) mass is 306 g/mol. The molecule has 0 aliphatic rings. The number of carboxylic acids is 1. The minimum Gasteiger partial charge on any atom is -0.481 e. The summed E-state index contributed by atoms with van der Waals surface area (Å²) >= 11 is 0. The highest BCUT2D eigenvalue weighted by molar-refractivity contribution is 5.99. The van der Waals surface area contributed by atoms with Crippen molar-refractivity contribution >= 4 is 17.8 Å². The maximum atomic E-state index is 12.2. The van der Waals surface area contributed by atoms with Crippen molar-refractivity contribution in [2.75, 3.05) is 13.6 Å². The molecule has 6 heteroatoms. The Morgan fingerprint density at radius 2 is 1.64 bits per heavy atom. The Balaban J connectivity index is 2.85. The van der Waals surface area contributed by atoms with Gasteiger partial charge >= 0.3 is 5.97 Å². The molecule has 0 atom stereocenters. The first-order chi connectivity index (χ1) is 10.4. The second-order valence-corrected chi connectivity index (χ2v) is 5.14. The highest BCUT2D eigenvalue weighted by atomic mass is 16.4. The standard InChI is InChI=1S/C16H22N2O4/c1-4-16(5-2,15(21)22)10-18-14(20)12-8-6-7-11(9-12)13(19)17-3/h6-9H,4-5,10H2,1-3H3,(H,17,19)(H,18,20)(H,21,22). The average molecular weight is 306 g/mol. The minimum atomic E-state index is -0.964. The van der Waals surface area contributed by atoms with Gasteiger partial charge in [-0.2, -0.15) is 0 Å². The fourth-order valence-corrected chi connectivity index (χ4v) is 2.18. The molecule has 0 radical (unpaired) electrons. The molecular weight excluding hydrogens is 284 g/mol. The summed E-state index contributed by atoms with van der Waals surface area (Å²) in [5.74, 6) is -1.59. The predicted molar refractivity (Wildman–Crippen MR) is 82.8 cm³/mol. The van der Waals surface area contributed by atoms with Crippen LogP contribution in [0.15, 0.2) is 24.3 Å². The SMILES string of the molecule is CCC(CC)(CNC(=O)c1cccc(C(=O)NC)c1)C(=O)O. The molecule has 6 nitrogen and oxygen atoms in total. The molecule has 1 aromatic rings. The van der Waals surface area contributed by atoms with Crippen molar-refractivity contribution in [2.45, 2.75) is 26.7 Å². The van der Waals surface area contributed by atoms with Crippen LogP contribution in [0.2, 0.25) is 0 Å². The first kappa shape index (κ1) is 17.7. The van der Waals surface area contributed by atoms with E-state index in [2.05, 4.69) is 10.6 Å². The number of aliphatic carboxylic acids is 1. The number of carbonyl (C=O) groups is 3. The Kier molecular flexibility index (Phi) is 6.10. The van der Waals surface area contributed by atoms with Crippen LogP contribution in [0.3, 0.4) is 0 Å². The van der Waals surface area contributed by atoms with Gasteiger partial charge in [-0.15, -0.1) is 0 Å². The molecule has 0 aliphatic heterocycles. The first-order valence-electron chi connectivity index (χ1n) is 7.24. The Hall–Kier alpha value is -2.37. The molecule has 0 aliphatic carbocycles. The van der Waals surface area contributed by atoms with Gasteiger partial charge in [-0.1, -0.05) is 19.9 Å². The summed E-state index contributed by atoms with van der Waals surface area (Å²) in [4.78, 5) is 35.2. The van der Waals surface area contributed by atoms with Gasteiger partial charge in [0.25, 0.3) is 11.8 Å². The number of carbonyl (C=O) groups excluding carboxylic acids is 2. The lowest BCUT2D eigenvalue weighted by molar-refractivity contribution is -0.149. The zero-order valence-corrected chi connectivity index (χ0v) is 13.1. The van der Waals surface area contributed by atoms with Crippen molar-refractivity contribution in [1.29, 1.82) is 0 Å². The van der Waals surface area contributed by atoms with Crippen molar-refractivity contribution in [3.8, 4) is 0 Å². The smallest absolute Gasteiger partial charge is 0.311 e. The van der Waals surface area contributed by atoms with Crippen LogP contribution < -0.4 is 10.6 Å². The molecule has 0 bridgehead atoms. The van der Waals surface area contributed by atoms with E-state index in [1.807, 2.05) is 0 Å². The lowest BCUT2D eigenvalue weighted by atomic mass is 9.82. The van der Waals surface area contributed by atoms with E-state index in [0.29, 0.717) is 24.0 Å². The fraction of sp³-hybridized carbons (Fsp3) is 0.438. The summed E-state index contributed by atoms with van der Waals surface area (Å²) in [6, 6.07) is 6.29. The van der Waals surface area contributed by atoms with Crippen molar-refractivity contribution in [1.82, 2.24) is 10.6 Å². The van der Waals surface area contributed by atoms with E-state index in [4.69, 9.17) is 0 Å². The molecule has 0 aromatic heterocycles. The van der Waals surface area contributed by atoms with Crippen LogP contribution in [0.25, 0.3) is 0 Å². The number of hydrogen-bond acceptors (Lipinski definition) is 3. The lowest BCUT2D eigenvalue weighted by Gasteiger charge is -2.26. The highest BCUT2D eigenvalue weighted by Gasteiger charge is 2.35. The molecule has 0 saturated heterocycles. The Morgan fingerprint density at radius 3 is 2.09 bits per heavy atom. The van der Waals surface area contributed by atoms with Gasteiger partial charge in [0, 0.05) is 24.7 Å². The number of hydrogen-bond donors (Lipinski definition) is 3. The van der Waals surface area contributed by atoms with Crippen LogP contribution in [0.1, 0.15) is 47.4 Å².